The predicted molar refractivity (Wildman–Crippen MR) is 146 cm³/mol. The second kappa shape index (κ2) is 11.0. The van der Waals surface area contributed by atoms with Crippen LogP contribution in [-0.2, 0) is 16.5 Å². The first-order valence-corrected chi connectivity index (χ1v) is 13.3. The summed E-state index contributed by atoms with van der Waals surface area (Å²) in [6.07, 6.45) is 0.427. The number of azo groups is 1. The minimum atomic E-state index is -4.62. The van der Waals surface area contributed by atoms with E-state index in [-0.39, 0.29) is 32.7 Å². The average molecular weight is 574 g/mol. The number of halogens is 2. The van der Waals surface area contributed by atoms with E-state index in [0.717, 1.165) is 6.07 Å². The minimum Gasteiger partial charge on any atom is -0.505 e. The molecule has 9 nitrogen and oxygen atoms in total. The molecule has 0 bridgehead atoms. The Bertz CT molecular complexity index is 1710. The van der Waals surface area contributed by atoms with Crippen molar-refractivity contribution in [3.8, 4) is 11.5 Å². The van der Waals surface area contributed by atoms with Gasteiger partial charge in [-0.05, 0) is 47.7 Å². The van der Waals surface area contributed by atoms with E-state index in [0.29, 0.717) is 28.5 Å². The smallest absolute Gasteiger partial charge is 0.296 e. The molecule has 0 fully saturated rings. The Kier molecular flexibility index (Phi) is 7.89. The third kappa shape index (κ3) is 5.58. The molecular weight excluding hydrogens is 553 g/mol. The maximum absolute atomic E-state index is 13.2. The number of methoxy groups -OCH3 is 1. The van der Waals surface area contributed by atoms with Gasteiger partial charge in [0.2, 0.25) is 0 Å². The average Bonchev–Trinajstić information content (AvgIpc) is 2.88. The lowest BCUT2D eigenvalue weighted by atomic mass is 10.0. The number of hydrogen-bond donors (Lipinski definition) is 3. The van der Waals surface area contributed by atoms with Crippen molar-refractivity contribution >= 4 is 67.1 Å². The van der Waals surface area contributed by atoms with Crippen molar-refractivity contribution in [3.05, 3.63) is 81.8 Å². The lowest BCUT2D eigenvalue weighted by molar-refractivity contribution is 0.102. The standard InChI is InChI=1S/C26H21Cl2N3O6S/c1-3-14-11-20(28)23(38(34,35)36)13-21(14)30-31-24-17-7-5-4-6-15(17)10-18(25(24)32)26(33)29-22-12-16(37-2)8-9-19(22)27/h4-13,32H,3H2,1-2H3,(H,29,33)(H,34,35,36). The van der Waals surface area contributed by atoms with Gasteiger partial charge in [-0.1, -0.05) is 54.4 Å². The van der Waals surface area contributed by atoms with Crippen LogP contribution >= 0.6 is 23.2 Å². The number of phenols is 1. The van der Waals surface area contributed by atoms with E-state index < -0.39 is 26.7 Å². The molecule has 0 saturated carbocycles. The number of nitrogens with zero attached hydrogens (tertiary/aromatic N) is 2. The van der Waals surface area contributed by atoms with Gasteiger partial charge in [-0.3, -0.25) is 9.35 Å². The summed E-state index contributed by atoms with van der Waals surface area (Å²) in [4.78, 5) is 12.7. The summed E-state index contributed by atoms with van der Waals surface area (Å²) in [6, 6.07) is 15.6. The molecule has 0 aliphatic carbocycles. The van der Waals surface area contributed by atoms with Gasteiger partial charge in [-0.25, -0.2) is 0 Å². The van der Waals surface area contributed by atoms with Gasteiger partial charge >= 0.3 is 0 Å². The van der Waals surface area contributed by atoms with Gasteiger partial charge in [0, 0.05) is 11.5 Å². The summed E-state index contributed by atoms with van der Waals surface area (Å²) in [5.41, 5.74) is 0.832. The molecule has 0 aliphatic heterocycles. The van der Waals surface area contributed by atoms with Crippen LogP contribution in [-0.4, -0.2) is 31.1 Å². The molecule has 0 atom stereocenters. The Morgan fingerprint density at radius 2 is 1.76 bits per heavy atom. The molecule has 0 heterocycles. The summed E-state index contributed by atoms with van der Waals surface area (Å²) >= 11 is 12.2. The third-order valence-corrected chi connectivity index (χ3v) is 7.36. The minimum absolute atomic E-state index is 0.0182. The second-order valence-corrected chi connectivity index (χ2v) is 10.3. The number of phenolic OH excluding ortho intramolecular Hbond substituents is 1. The lowest BCUT2D eigenvalue weighted by Gasteiger charge is -2.13. The van der Waals surface area contributed by atoms with E-state index in [1.807, 2.05) is 0 Å². The number of carbonyl (C=O) groups is 1. The molecule has 4 aromatic rings. The number of amides is 1. The fourth-order valence-electron chi connectivity index (χ4n) is 3.77. The molecule has 3 N–H and O–H groups in total. The van der Waals surface area contributed by atoms with Crippen molar-refractivity contribution in [1.82, 2.24) is 0 Å². The Labute approximate surface area is 228 Å². The highest BCUT2D eigenvalue weighted by atomic mass is 35.5. The van der Waals surface area contributed by atoms with Gasteiger partial charge in [0.25, 0.3) is 16.0 Å². The molecule has 0 radical (unpaired) electrons. The first kappa shape index (κ1) is 27.3. The van der Waals surface area contributed by atoms with Crippen LogP contribution in [0, 0.1) is 0 Å². The molecule has 0 spiro atoms. The largest absolute Gasteiger partial charge is 0.505 e. The van der Waals surface area contributed by atoms with E-state index in [9.17, 15) is 22.9 Å². The maximum Gasteiger partial charge on any atom is 0.296 e. The number of carbonyl (C=O) groups excluding carboxylic acids is 1. The zero-order valence-electron chi connectivity index (χ0n) is 20.1. The number of fused-ring (bicyclic) bond motifs is 1. The quantitative estimate of drug-likeness (QED) is 0.156. The molecule has 0 saturated heterocycles. The first-order valence-electron chi connectivity index (χ1n) is 11.1. The molecule has 0 aliphatic rings. The van der Waals surface area contributed by atoms with Crippen LogP contribution in [0.1, 0.15) is 22.8 Å². The summed E-state index contributed by atoms with van der Waals surface area (Å²) < 4.78 is 38.2. The van der Waals surface area contributed by atoms with E-state index >= 15 is 0 Å². The first-order chi connectivity index (χ1) is 18.0. The Balaban J connectivity index is 1.83. The summed E-state index contributed by atoms with van der Waals surface area (Å²) in [6.45, 7) is 1.80. The fraction of sp³-hybridized carbons (Fsp3) is 0.115. The summed E-state index contributed by atoms with van der Waals surface area (Å²) in [5.74, 6) is -0.638. The van der Waals surface area contributed by atoms with Crippen LogP contribution in [0.4, 0.5) is 17.1 Å². The van der Waals surface area contributed by atoms with Gasteiger partial charge in [0.05, 0.1) is 34.1 Å². The number of aryl methyl sites for hydroxylation is 1. The van der Waals surface area contributed by atoms with E-state index in [2.05, 4.69) is 15.5 Å². The maximum atomic E-state index is 13.2. The van der Waals surface area contributed by atoms with Crippen LogP contribution in [0.15, 0.2) is 75.8 Å². The molecule has 4 rings (SSSR count). The third-order valence-electron chi connectivity index (χ3n) is 5.71. The number of ether oxygens (including phenoxy) is 1. The molecule has 38 heavy (non-hydrogen) atoms. The Hall–Kier alpha value is -3.70. The predicted octanol–water partition coefficient (Wildman–Crippen LogP) is 7.34. The number of benzene rings is 4. The van der Waals surface area contributed by atoms with Crippen molar-refractivity contribution < 1.29 is 27.6 Å². The number of aromatic hydroxyl groups is 1. The van der Waals surface area contributed by atoms with E-state index in [1.54, 1.807) is 49.4 Å². The van der Waals surface area contributed by atoms with Gasteiger partial charge in [0.1, 0.15) is 16.3 Å². The monoisotopic (exact) mass is 573 g/mol. The Morgan fingerprint density at radius 1 is 1.03 bits per heavy atom. The van der Waals surface area contributed by atoms with Crippen LogP contribution in [0.5, 0.6) is 11.5 Å². The SMILES string of the molecule is CCc1cc(Cl)c(S(=O)(=O)O)cc1N=Nc1c(O)c(C(=O)Nc2cc(OC)ccc2Cl)cc2ccccc12. The molecule has 0 aromatic heterocycles. The number of nitrogens with one attached hydrogen (secondary N) is 1. The van der Waals surface area contributed by atoms with Crippen LogP contribution < -0.4 is 10.1 Å². The fourth-order valence-corrected chi connectivity index (χ4v) is 4.98. The second-order valence-electron chi connectivity index (χ2n) is 8.08. The molecule has 1 amide bonds. The molecule has 12 heteroatoms. The zero-order valence-corrected chi connectivity index (χ0v) is 22.4. The number of hydrogen-bond acceptors (Lipinski definition) is 7. The summed E-state index contributed by atoms with van der Waals surface area (Å²) in [7, 11) is -3.14. The van der Waals surface area contributed by atoms with Gasteiger partial charge in [-0.15, -0.1) is 5.11 Å². The number of rotatable bonds is 7. The van der Waals surface area contributed by atoms with Crippen molar-refractivity contribution in [2.45, 2.75) is 18.2 Å². The van der Waals surface area contributed by atoms with Crippen LogP contribution in [0.2, 0.25) is 10.0 Å². The van der Waals surface area contributed by atoms with E-state index in [4.69, 9.17) is 27.9 Å². The lowest BCUT2D eigenvalue weighted by Crippen LogP contribution is -2.12. The normalized spacial score (nSPS) is 11.7. The van der Waals surface area contributed by atoms with Gasteiger partial charge < -0.3 is 15.2 Å². The van der Waals surface area contributed by atoms with E-state index in [1.165, 1.54) is 19.2 Å². The van der Waals surface area contributed by atoms with Crippen molar-refractivity contribution in [3.63, 3.8) is 0 Å². The zero-order chi connectivity index (χ0) is 27.6. The summed E-state index contributed by atoms with van der Waals surface area (Å²) in [5, 5.41) is 23.3. The van der Waals surface area contributed by atoms with Gasteiger partial charge in [0.15, 0.2) is 5.75 Å². The van der Waals surface area contributed by atoms with Gasteiger partial charge in [-0.2, -0.15) is 13.5 Å². The van der Waals surface area contributed by atoms with Crippen LogP contribution in [0.25, 0.3) is 10.8 Å². The molecule has 196 valence electrons. The Morgan fingerprint density at radius 3 is 2.45 bits per heavy atom. The highest BCUT2D eigenvalue weighted by Gasteiger charge is 2.21. The van der Waals surface area contributed by atoms with Crippen molar-refractivity contribution in [1.29, 1.82) is 0 Å². The van der Waals surface area contributed by atoms with Crippen molar-refractivity contribution in [2.24, 2.45) is 10.2 Å². The topological polar surface area (TPSA) is 138 Å². The number of anilines is 1. The molecule has 4 aromatic carbocycles. The molecule has 0 unspecified atom stereocenters. The highest BCUT2D eigenvalue weighted by molar-refractivity contribution is 7.86. The molecular formula is C26H21Cl2N3O6S. The van der Waals surface area contributed by atoms with Crippen molar-refractivity contribution in [2.75, 3.05) is 12.4 Å². The van der Waals surface area contributed by atoms with Crippen LogP contribution in [0.3, 0.4) is 0 Å². The highest BCUT2D eigenvalue weighted by Crippen LogP contribution is 2.41.